The van der Waals surface area contributed by atoms with Gasteiger partial charge in [-0.15, -0.1) is 0 Å². The van der Waals surface area contributed by atoms with Gasteiger partial charge in [-0.2, -0.15) is 0 Å². The van der Waals surface area contributed by atoms with E-state index >= 15 is 0 Å². The molecule has 0 aliphatic rings. The minimum Gasteiger partial charge on any atom is -0.330 e. The largest absolute Gasteiger partial charge is 0.330 e. The molecule has 2 aromatic rings. The van der Waals surface area contributed by atoms with Gasteiger partial charge >= 0.3 is 0 Å². The molecular formula is C15H20N2O. The first-order valence-electron chi connectivity index (χ1n) is 6.18. The standard InChI is InChI=1S/C15H20N2O/c1-10-5-6-11-8-12(15(2,3)9-16)14(18)17(4)13(11)7-10/h5-8H,9,16H2,1-4H3. The molecule has 0 aliphatic carbocycles. The predicted molar refractivity (Wildman–Crippen MR) is 76.0 cm³/mol. The second kappa shape index (κ2) is 4.25. The molecule has 0 aliphatic heterocycles. The third-order valence-electron chi connectivity index (χ3n) is 3.62. The van der Waals surface area contributed by atoms with Gasteiger partial charge in [-0.1, -0.05) is 26.0 Å². The third-order valence-corrected chi connectivity index (χ3v) is 3.62. The minimum absolute atomic E-state index is 0.0450. The molecule has 0 saturated carbocycles. The molecule has 2 N–H and O–H groups in total. The van der Waals surface area contributed by atoms with Gasteiger partial charge in [0.25, 0.3) is 5.56 Å². The highest BCUT2D eigenvalue weighted by atomic mass is 16.1. The molecule has 18 heavy (non-hydrogen) atoms. The Morgan fingerprint density at radius 2 is 1.94 bits per heavy atom. The van der Waals surface area contributed by atoms with Crippen LogP contribution < -0.4 is 11.3 Å². The molecule has 0 spiro atoms. The number of nitrogens with zero attached hydrogens (tertiary/aromatic N) is 1. The predicted octanol–water partition coefficient (Wildman–Crippen LogP) is 2.08. The number of benzene rings is 1. The molecule has 1 aromatic heterocycles. The summed E-state index contributed by atoms with van der Waals surface area (Å²) in [5.41, 5.74) is 8.43. The number of fused-ring (bicyclic) bond motifs is 1. The highest BCUT2D eigenvalue weighted by Crippen LogP contribution is 2.22. The van der Waals surface area contributed by atoms with E-state index in [0.29, 0.717) is 6.54 Å². The van der Waals surface area contributed by atoms with Gasteiger partial charge in [0.15, 0.2) is 0 Å². The molecule has 0 amide bonds. The van der Waals surface area contributed by atoms with Crippen LogP contribution >= 0.6 is 0 Å². The van der Waals surface area contributed by atoms with Gasteiger partial charge in [-0.3, -0.25) is 4.79 Å². The van der Waals surface area contributed by atoms with Gasteiger partial charge in [0, 0.05) is 24.6 Å². The summed E-state index contributed by atoms with van der Waals surface area (Å²) in [5, 5.41) is 1.08. The lowest BCUT2D eigenvalue weighted by molar-refractivity contribution is 0.529. The first-order chi connectivity index (χ1) is 8.36. The number of rotatable bonds is 2. The van der Waals surface area contributed by atoms with Crippen molar-refractivity contribution in [3.63, 3.8) is 0 Å². The molecule has 2 rings (SSSR count). The molecule has 3 heteroatoms. The van der Waals surface area contributed by atoms with Gasteiger partial charge in [0.1, 0.15) is 0 Å². The number of nitrogens with two attached hydrogens (primary N) is 1. The van der Waals surface area contributed by atoms with Crippen LogP contribution in [0.5, 0.6) is 0 Å². The van der Waals surface area contributed by atoms with E-state index in [9.17, 15) is 4.79 Å². The van der Waals surface area contributed by atoms with E-state index in [0.717, 1.165) is 22.0 Å². The topological polar surface area (TPSA) is 48.0 Å². The molecule has 1 heterocycles. The first-order valence-corrected chi connectivity index (χ1v) is 6.18. The van der Waals surface area contributed by atoms with E-state index in [1.165, 1.54) is 0 Å². The maximum Gasteiger partial charge on any atom is 0.254 e. The molecular weight excluding hydrogens is 224 g/mol. The van der Waals surface area contributed by atoms with Crippen LogP contribution in [0.3, 0.4) is 0 Å². The van der Waals surface area contributed by atoms with Crippen molar-refractivity contribution in [1.29, 1.82) is 0 Å². The van der Waals surface area contributed by atoms with Crippen molar-refractivity contribution < 1.29 is 0 Å². The molecule has 0 saturated heterocycles. The zero-order valence-corrected chi connectivity index (χ0v) is 11.4. The Labute approximate surface area is 107 Å². The molecule has 3 nitrogen and oxygen atoms in total. The second-order valence-corrected chi connectivity index (χ2v) is 5.57. The second-order valence-electron chi connectivity index (χ2n) is 5.57. The fourth-order valence-corrected chi connectivity index (χ4v) is 2.17. The number of hydrogen-bond acceptors (Lipinski definition) is 2. The highest BCUT2D eigenvalue weighted by molar-refractivity contribution is 5.80. The van der Waals surface area contributed by atoms with Gasteiger partial charge < -0.3 is 10.3 Å². The number of pyridine rings is 1. The Balaban J connectivity index is 2.84. The van der Waals surface area contributed by atoms with E-state index in [1.54, 1.807) is 4.57 Å². The molecule has 0 fully saturated rings. The summed E-state index contributed by atoms with van der Waals surface area (Å²) in [6.07, 6.45) is 0. The maximum absolute atomic E-state index is 12.4. The summed E-state index contributed by atoms with van der Waals surface area (Å²) >= 11 is 0. The quantitative estimate of drug-likeness (QED) is 0.879. The van der Waals surface area contributed by atoms with Crippen LogP contribution in [0.1, 0.15) is 25.0 Å². The van der Waals surface area contributed by atoms with Gasteiger partial charge in [-0.25, -0.2) is 0 Å². The van der Waals surface area contributed by atoms with E-state index in [1.807, 2.05) is 40.0 Å². The SMILES string of the molecule is Cc1ccc2cc(C(C)(C)CN)c(=O)n(C)c2c1. The minimum atomic E-state index is -0.298. The van der Waals surface area contributed by atoms with Crippen LogP contribution in [0, 0.1) is 6.92 Å². The molecule has 0 radical (unpaired) electrons. The Morgan fingerprint density at radius 3 is 2.56 bits per heavy atom. The summed E-state index contributed by atoms with van der Waals surface area (Å²) in [7, 11) is 1.82. The number of hydrogen-bond donors (Lipinski definition) is 1. The molecule has 1 aromatic carbocycles. The van der Waals surface area contributed by atoms with Gasteiger partial charge in [-0.05, 0) is 30.0 Å². The monoisotopic (exact) mass is 244 g/mol. The smallest absolute Gasteiger partial charge is 0.254 e. The Morgan fingerprint density at radius 1 is 1.28 bits per heavy atom. The normalized spacial score (nSPS) is 12.1. The summed E-state index contributed by atoms with van der Waals surface area (Å²) < 4.78 is 1.72. The summed E-state index contributed by atoms with van der Waals surface area (Å²) in [6, 6.07) is 8.13. The van der Waals surface area contributed by atoms with Crippen molar-refractivity contribution >= 4 is 10.9 Å². The van der Waals surface area contributed by atoms with Crippen LogP contribution in [0.4, 0.5) is 0 Å². The molecule has 0 bridgehead atoms. The fraction of sp³-hybridized carbons (Fsp3) is 0.400. The van der Waals surface area contributed by atoms with Crippen LogP contribution in [0.25, 0.3) is 10.9 Å². The van der Waals surface area contributed by atoms with E-state index in [4.69, 9.17) is 5.73 Å². The number of aromatic nitrogens is 1. The van der Waals surface area contributed by atoms with E-state index in [2.05, 4.69) is 12.1 Å². The maximum atomic E-state index is 12.4. The zero-order chi connectivity index (χ0) is 13.5. The van der Waals surface area contributed by atoms with Gasteiger partial charge in [0.2, 0.25) is 0 Å². The van der Waals surface area contributed by atoms with Crippen LogP contribution in [0.2, 0.25) is 0 Å². The fourth-order valence-electron chi connectivity index (χ4n) is 2.17. The zero-order valence-electron chi connectivity index (χ0n) is 11.4. The third kappa shape index (κ3) is 1.95. The number of aryl methyl sites for hydroxylation is 2. The average Bonchev–Trinajstić information content (AvgIpc) is 2.34. The van der Waals surface area contributed by atoms with Crippen LogP contribution in [-0.2, 0) is 12.5 Å². The summed E-state index contributed by atoms with van der Waals surface area (Å²) in [6.45, 7) is 6.49. The summed E-state index contributed by atoms with van der Waals surface area (Å²) in [5.74, 6) is 0. The van der Waals surface area contributed by atoms with Crippen molar-refractivity contribution in [2.24, 2.45) is 12.8 Å². The van der Waals surface area contributed by atoms with Crippen molar-refractivity contribution in [2.45, 2.75) is 26.2 Å². The lowest BCUT2D eigenvalue weighted by atomic mass is 9.85. The van der Waals surface area contributed by atoms with Crippen molar-refractivity contribution in [2.75, 3.05) is 6.54 Å². The Kier molecular flexibility index (Phi) is 3.03. The van der Waals surface area contributed by atoms with E-state index < -0.39 is 0 Å². The van der Waals surface area contributed by atoms with Crippen molar-refractivity contribution in [1.82, 2.24) is 4.57 Å². The lowest BCUT2D eigenvalue weighted by Crippen LogP contribution is -2.36. The average molecular weight is 244 g/mol. The Hall–Kier alpha value is -1.61. The first kappa shape index (κ1) is 12.8. The van der Waals surface area contributed by atoms with Crippen molar-refractivity contribution in [3.05, 3.63) is 45.7 Å². The van der Waals surface area contributed by atoms with Crippen LogP contribution in [0.15, 0.2) is 29.1 Å². The van der Waals surface area contributed by atoms with Crippen molar-refractivity contribution in [3.8, 4) is 0 Å². The lowest BCUT2D eigenvalue weighted by Gasteiger charge is -2.23. The van der Waals surface area contributed by atoms with Gasteiger partial charge in [0.05, 0.1) is 5.52 Å². The molecule has 0 unspecified atom stereocenters. The molecule has 96 valence electrons. The van der Waals surface area contributed by atoms with E-state index in [-0.39, 0.29) is 11.0 Å². The Bertz CT molecular complexity index is 653. The van der Waals surface area contributed by atoms with Crippen LogP contribution in [-0.4, -0.2) is 11.1 Å². The summed E-state index contributed by atoms with van der Waals surface area (Å²) in [4.78, 5) is 12.4. The highest BCUT2D eigenvalue weighted by Gasteiger charge is 2.23. The molecule has 0 atom stereocenters.